The Morgan fingerprint density at radius 3 is 2.25 bits per heavy atom. The molecule has 0 amide bonds. The van der Waals surface area contributed by atoms with Gasteiger partial charge in [-0.2, -0.15) is 0 Å². The summed E-state index contributed by atoms with van der Waals surface area (Å²) in [5.74, 6) is -2.35. The number of ketones is 1. The summed E-state index contributed by atoms with van der Waals surface area (Å²) in [5.41, 5.74) is 2.20. The number of halogens is 2. The normalized spacial score (nSPS) is 10.6. The molecule has 0 bridgehead atoms. The summed E-state index contributed by atoms with van der Waals surface area (Å²) < 4.78 is 27.1. The van der Waals surface area contributed by atoms with Gasteiger partial charge in [-0.15, -0.1) is 0 Å². The first-order valence-electron chi connectivity index (χ1n) is 6.52. The average Bonchev–Trinajstić information content (AvgIpc) is 2.44. The number of carbonyl (C=O) groups is 1. The van der Waals surface area contributed by atoms with Crippen molar-refractivity contribution in [3.05, 3.63) is 70.3 Å². The van der Waals surface area contributed by atoms with Gasteiger partial charge in [0.15, 0.2) is 17.4 Å². The van der Waals surface area contributed by atoms with Crippen LogP contribution in [0.1, 0.15) is 33.5 Å². The Bertz CT molecular complexity index is 630. The van der Waals surface area contributed by atoms with Gasteiger partial charge in [0, 0.05) is 6.42 Å². The number of Topliss-reactive ketones (excluding diaryl/α,β-unsaturated/α-hetero) is 1. The van der Waals surface area contributed by atoms with E-state index in [-0.39, 0.29) is 23.3 Å². The fourth-order valence-corrected chi connectivity index (χ4v) is 2.01. The lowest BCUT2D eigenvalue weighted by Crippen LogP contribution is -2.06. The molecule has 3 heteroatoms. The van der Waals surface area contributed by atoms with Crippen molar-refractivity contribution in [2.24, 2.45) is 0 Å². The fraction of sp³-hybridized carbons (Fsp3) is 0.235. The maximum Gasteiger partial charge on any atom is 0.169 e. The van der Waals surface area contributed by atoms with Crippen LogP contribution < -0.4 is 0 Å². The van der Waals surface area contributed by atoms with Crippen LogP contribution in [-0.4, -0.2) is 5.78 Å². The highest BCUT2D eigenvalue weighted by Crippen LogP contribution is 2.18. The van der Waals surface area contributed by atoms with Gasteiger partial charge in [0.1, 0.15) is 0 Å². The van der Waals surface area contributed by atoms with Crippen LogP contribution in [0.3, 0.4) is 0 Å². The van der Waals surface area contributed by atoms with Crippen LogP contribution in [0, 0.1) is 25.5 Å². The van der Waals surface area contributed by atoms with Gasteiger partial charge in [-0.3, -0.25) is 4.79 Å². The molecule has 104 valence electrons. The lowest BCUT2D eigenvalue weighted by atomic mass is 10.0. The number of carbonyl (C=O) groups excluding carboxylic acids is 1. The van der Waals surface area contributed by atoms with E-state index in [1.807, 2.05) is 31.2 Å². The first-order chi connectivity index (χ1) is 9.49. The van der Waals surface area contributed by atoms with E-state index in [0.717, 1.165) is 11.1 Å². The molecular weight excluding hydrogens is 258 g/mol. The topological polar surface area (TPSA) is 17.1 Å². The van der Waals surface area contributed by atoms with Crippen LogP contribution >= 0.6 is 0 Å². The zero-order valence-corrected chi connectivity index (χ0v) is 11.5. The van der Waals surface area contributed by atoms with E-state index >= 15 is 0 Å². The largest absolute Gasteiger partial charge is 0.294 e. The Kier molecular flexibility index (Phi) is 4.28. The number of hydrogen-bond acceptors (Lipinski definition) is 1. The molecule has 0 aliphatic rings. The quantitative estimate of drug-likeness (QED) is 0.755. The zero-order chi connectivity index (χ0) is 14.7. The van der Waals surface area contributed by atoms with Crippen LogP contribution in [0.2, 0.25) is 0 Å². The van der Waals surface area contributed by atoms with E-state index in [4.69, 9.17) is 0 Å². The molecule has 20 heavy (non-hydrogen) atoms. The van der Waals surface area contributed by atoms with Gasteiger partial charge < -0.3 is 0 Å². The molecule has 0 saturated carbocycles. The first-order valence-corrected chi connectivity index (χ1v) is 6.52. The van der Waals surface area contributed by atoms with Crippen LogP contribution in [0.5, 0.6) is 0 Å². The summed E-state index contributed by atoms with van der Waals surface area (Å²) in [7, 11) is 0. The molecular formula is C17H16F2O. The molecule has 1 nitrogen and oxygen atoms in total. The second-order valence-corrected chi connectivity index (χ2v) is 4.97. The molecule has 2 aromatic rings. The highest BCUT2D eigenvalue weighted by molar-refractivity contribution is 5.96. The summed E-state index contributed by atoms with van der Waals surface area (Å²) >= 11 is 0. The molecule has 0 heterocycles. The van der Waals surface area contributed by atoms with Crippen molar-refractivity contribution in [2.45, 2.75) is 26.7 Å². The number of aryl methyl sites for hydroxylation is 3. The summed E-state index contributed by atoms with van der Waals surface area (Å²) in [6, 6.07) is 10.6. The van der Waals surface area contributed by atoms with Gasteiger partial charge in [0.2, 0.25) is 0 Å². The predicted molar refractivity (Wildman–Crippen MR) is 74.9 cm³/mol. The minimum Gasteiger partial charge on any atom is -0.294 e. The van der Waals surface area contributed by atoms with E-state index in [1.165, 1.54) is 19.1 Å². The highest BCUT2D eigenvalue weighted by atomic mass is 19.2. The van der Waals surface area contributed by atoms with Crippen molar-refractivity contribution >= 4 is 5.78 Å². The zero-order valence-electron chi connectivity index (χ0n) is 11.5. The van der Waals surface area contributed by atoms with Gasteiger partial charge in [-0.1, -0.05) is 35.9 Å². The van der Waals surface area contributed by atoms with E-state index in [0.29, 0.717) is 6.42 Å². The summed E-state index contributed by atoms with van der Waals surface area (Å²) in [6.07, 6.45) is 0.691. The molecule has 0 radical (unpaired) electrons. The molecule has 0 atom stereocenters. The Morgan fingerprint density at radius 1 is 0.950 bits per heavy atom. The van der Waals surface area contributed by atoms with E-state index in [9.17, 15) is 13.6 Å². The van der Waals surface area contributed by atoms with Crippen LogP contribution in [0.4, 0.5) is 8.78 Å². The summed E-state index contributed by atoms with van der Waals surface area (Å²) in [4.78, 5) is 12.0. The van der Waals surface area contributed by atoms with E-state index in [2.05, 4.69) is 0 Å². The fourth-order valence-electron chi connectivity index (χ4n) is 2.01. The Balaban J connectivity index is 2.09. The number of rotatable bonds is 4. The van der Waals surface area contributed by atoms with E-state index in [1.54, 1.807) is 0 Å². The van der Waals surface area contributed by atoms with Gasteiger partial charge >= 0.3 is 0 Å². The van der Waals surface area contributed by atoms with Gasteiger partial charge in [0.25, 0.3) is 0 Å². The molecule has 2 aromatic carbocycles. The van der Waals surface area contributed by atoms with Crippen LogP contribution in [0.25, 0.3) is 0 Å². The minimum absolute atomic E-state index is 0.166. The molecule has 0 fully saturated rings. The van der Waals surface area contributed by atoms with Crippen molar-refractivity contribution in [3.63, 3.8) is 0 Å². The molecule has 2 rings (SSSR count). The Hall–Kier alpha value is -2.03. The predicted octanol–water partition coefficient (Wildman–Crippen LogP) is 4.40. The molecule has 0 N–H and O–H groups in total. The molecule has 0 aliphatic heterocycles. The van der Waals surface area contributed by atoms with Crippen molar-refractivity contribution in [1.29, 1.82) is 0 Å². The Morgan fingerprint density at radius 2 is 1.60 bits per heavy atom. The number of hydrogen-bond donors (Lipinski definition) is 0. The first kappa shape index (κ1) is 14.4. The Labute approximate surface area is 117 Å². The van der Waals surface area contributed by atoms with Gasteiger partial charge in [0.05, 0.1) is 5.56 Å². The lowest BCUT2D eigenvalue weighted by Gasteiger charge is -2.06. The monoisotopic (exact) mass is 274 g/mol. The molecule has 0 spiro atoms. The molecule has 0 aliphatic carbocycles. The summed E-state index contributed by atoms with van der Waals surface area (Å²) in [6.45, 7) is 3.46. The van der Waals surface area contributed by atoms with Crippen molar-refractivity contribution in [3.8, 4) is 0 Å². The molecule has 0 aromatic heterocycles. The van der Waals surface area contributed by atoms with Crippen LogP contribution in [0.15, 0.2) is 36.4 Å². The number of benzene rings is 2. The average molecular weight is 274 g/mol. The van der Waals surface area contributed by atoms with E-state index < -0.39 is 11.6 Å². The third kappa shape index (κ3) is 3.10. The van der Waals surface area contributed by atoms with Crippen molar-refractivity contribution in [2.75, 3.05) is 0 Å². The van der Waals surface area contributed by atoms with Crippen molar-refractivity contribution < 1.29 is 13.6 Å². The third-order valence-electron chi connectivity index (χ3n) is 3.34. The molecule has 0 unspecified atom stereocenters. The minimum atomic E-state index is -1.04. The smallest absolute Gasteiger partial charge is 0.169 e. The maximum absolute atomic E-state index is 13.7. The van der Waals surface area contributed by atoms with Crippen LogP contribution in [-0.2, 0) is 6.42 Å². The second kappa shape index (κ2) is 5.95. The highest BCUT2D eigenvalue weighted by Gasteiger charge is 2.16. The lowest BCUT2D eigenvalue weighted by molar-refractivity contribution is 0.0978. The van der Waals surface area contributed by atoms with Gasteiger partial charge in [-0.05, 0) is 37.5 Å². The standard InChI is InChI=1S/C17H16F2O/c1-11-3-6-13(7-4-11)8-10-15(20)14-9-5-12(2)16(18)17(14)19/h3-7,9H,8,10H2,1-2H3. The summed E-state index contributed by atoms with van der Waals surface area (Å²) in [5, 5.41) is 0. The maximum atomic E-state index is 13.7. The van der Waals surface area contributed by atoms with Crippen molar-refractivity contribution in [1.82, 2.24) is 0 Å². The third-order valence-corrected chi connectivity index (χ3v) is 3.34. The molecule has 0 saturated heterocycles. The SMILES string of the molecule is Cc1ccc(CCC(=O)c2ccc(C)c(F)c2F)cc1. The second-order valence-electron chi connectivity index (χ2n) is 4.97. The van der Waals surface area contributed by atoms with Gasteiger partial charge in [-0.25, -0.2) is 8.78 Å².